The van der Waals surface area contributed by atoms with Crippen molar-refractivity contribution in [2.75, 3.05) is 7.11 Å². The van der Waals surface area contributed by atoms with Crippen molar-refractivity contribution in [2.45, 2.75) is 46.2 Å². The molecule has 0 fully saturated rings. The van der Waals surface area contributed by atoms with Crippen LogP contribution in [0.3, 0.4) is 0 Å². The predicted octanol–water partition coefficient (Wildman–Crippen LogP) is 4.20. The second-order valence-corrected chi connectivity index (χ2v) is 6.79. The first-order valence-corrected chi connectivity index (χ1v) is 9.57. The molecule has 0 saturated heterocycles. The zero-order valence-electron chi connectivity index (χ0n) is 16.7. The van der Waals surface area contributed by atoms with Crippen LogP contribution < -0.4 is 15.6 Å². The summed E-state index contributed by atoms with van der Waals surface area (Å²) in [6.07, 6.45) is 3.26. The number of hydrogen-bond acceptors (Lipinski definition) is 4. The van der Waals surface area contributed by atoms with Crippen molar-refractivity contribution in [1.82, 2.24) is 9.88 Å². The first-order valence-electron chi connectivity index (χ1n) is 9.57. The van der Waals surface area contributed by atoms with Gasteiger partial charge in [0.05, 0.1) is 24.1 Å². The third kappa shape index (κ3) is 3.67. The van der Waals surface area contributed by atoms with Crippen LogP contribution in [0.25, 0.3) is 11.0 Å². The minimum atomic E-state index is -0.301. The molecule has 0 radical (unpaired) electrons. The molecule has 1 aromatic carbocycles. The first-order chi connectivity index (χ1) is 13.5. The molecule has 6 heteroatoms. The Morgan fingerprint density at radius 2 is 1.93 bits per heavy atom. The smallest absolute Gasteiger partial charge is 0.262 e. The van der Waals surface area contributed by atoms with Crippen molar-refractivity contribution in [3.63, 3.8) is 0 Å². The quantitative estimate of drug-likeness (QED) is 0.664. The van der Waals surface area contributed by atoms with Crippen LogP contribution in [-0.2, 0) is 6.54 Å². The largest absolute Gasteiger partial charge is 0.497 e. The van der Waals surface area contributed by atoms with Crippen LogP contribution in [0.4, 0.5) is 0 Å². The van der Waals surface area contributed by atoms with Crippen LogP contribution in [0.2, 0.25) is 0 Å². The van der Waals surface area contributed by atoms with Crippen LogP contribution in [0.5, 0.6) is 5.75 Å². The molecule has 28 heavy (non-hydrogen) atoms. The zero-order valence-corrected chi connectivity index (χ0v) is 16.7. The van der Waals surface area contributed by atoms with E-state index in [1.165, 1.54) is 0 Å². The number of carbonyl (C=O) groups is 1. The molecule has 3 aromatic rings. The lowest BCUT2D eigenvalue weighted by Crippen LogP contribution is -2.30. The number of furan rings is 1. The van der Waals surface area contributed by atoms with Gasteiger partial charge in [0.25, 0.3) is 11.5 Å². The highest BCUT2D eigenvalue weighted by Gasteiger charge is 2.24. The van der Waals surface area contributed by atoms with Crippen molar-refractivity contribution >= 4 is 16.9 Å². The first kappa shape index (κ1) is 19.7. The zero-order chi connectivity index (χ0) is 20.3. The fourth-order valence-corrected chi connectivity index (χ4v) is 3.44. The molecule has 6 nitrogen and oxygen atoms in total. The fourth-order valence-electron chi connectivity index (χ4n) is 3.44. The Morgan fingerprint density at radius 3 is 2.54 bits per heavy atom. The Kier molecular flexibility index (Phi) is 5.87. The van der Waals surface area contributed by atoms with Gasteiger partial charge in [0.2, 0.25) is 0 Å². The Hall–Kier alpha value is -3.02. The highest BCUT2D eigenvalue weighted by atomic mass is 16.5. The molecule has 0 aliphatic heterocycles. The summed E-state index contributed by atoms with van der Waals surface area (Å²) in [6, 6.07) is 9.17. The number of aryl methyl sites for hydroxylation is 2. The number of nitrogens with zero attached hydrogens (tertiary/aromatic N) is 1. The number of fused-ring (bicyclic) bond motifs is 1. The molecule has 0 aliphatic rings. The van der Waals surface area contributed by atoms with Gasteiger partial charge in [0.15, 0.2) is 0 Å². The lowest BCUT2D eigenvalue weighted by atomic mass is 10.0. The predicted molar refractivity (Wildman–Crippen MR) is 109 cm³/mol. The Labute approximate surface area is 164 Å². The maximum Gasteiger partial charge on any atom is 0.262 e. The van der Waals surface area contributed by atoms with Crippen LogP contribution >= 0.6 is 0 Å². The van der Waals surface area contributed by atoms with Crippen LogP contribution in [0, 0.1) is 6.92 Å². The van der Waals surface area contributed by atoms with Crippen LogP contribution in [0.1, 0.15) is 54.4 Å². The third-order valence-electron chi connectivity index (χ3n) is 4.92. The normalized spacial score (nSPS) is 12.1. The monoisotopic (exact) mass is 382 g/mol. The molecule has 0 unspecified atom stereocenters. The Balaban J connectivity index is 1.96. The molecule has 0 bridgehead atoms. The fraction of sp³-hybridized carbons (Fsp3) is 0.364. The van der Waals surface area contributed by atoms with Crippen molar-refractivity contribution < 1.29 is 13.9 Å². The van der Waals surface area contributed by atoms with Crippen LogP contribution in [0.15, 0.2) is 45.7 Å². The highest BCUT2D eigenvalue weighted by Crippen LogP contribution is 2.25. The summed E-state index contributed by atoms with van der Waals surface area (Å²) < 4.78 is 12.5. The van der Waals surface area contributed by atoms with E-state index >= 15 is 0 Å². The number of methoxy groups -OCH3 is 1. The minimum absolute atomic E-state index is 0.177. The van der Waals surface area contributed by atoms with E-state index in [1.807, 2.05) is 38.1 Å². The van der Waals surface area contributed by atoms with Gasteiger partial charge in [0.1, 0.15) is 17.1 Å². The van der Waals surface area contributed by atoms with Gasteiger partial charge in [-0.25, -0.2) is 0 Å². The third-order valence-corrected chi connectivity index (χ3v) is 4.92. The summed E-state index contributed by atoms with van der Waals surface area (Å²) in [4.78, 5) is 25.9. The maximum absolute atomic E-state index is 13.1. The summed E-state index contributed by atoms with van der Waals surface area (Å²) >= 11 is 0. The molecular formula is C22H26N2O4. The van der Waals surface area contributed by atoms with E-state index in [0.717, 1.165) is 17.7 Å². The van der Waals surface area contributed by atoms with E-state index < -0.39 is 0 Å². The van der Waals surface area contributed by atoms with Crippen LogP contribution in [-0.4, -0.2) is 17.6 Å². The van der Waals surface area contributed by atoms with Gasteiger partial charge in [-0.1, -0.05) is 26.0 Å². The van der Waals surface area contributed by atoms with Gasteiger partial charge in [0, 0.05) is 12.7 Å². The lowest BCUT2D eigenvalue weighted by Gasteiger charge is -2.18. The standard InChI is InChI=1S/C22H26N2O4/c1-5-12-24-13-11-18-20(22(24)26)19(14(3)28-18)21(25)23-17(6-2)15-7-9-16(27-4)10-8-15/h7-11,13,17H,5-6,12H2,1-4H3,(H,23,25)/t17-/m1/s1. The van der Waals surface area contributed by atoms with E-state index in [4.69, 9.17) is 9.15 Å². The van der Waals surface area contributed by atoms with Crippen molar-refractivity contribution in [2.24, 2.45) is 0 Å². The second kappa shape index (κ2) is 8.33. The molecule has 148 valence electrons. The second-order valence-electron chi connectivity index (χ2n) is 6.79. The number of benzene rings is 1. The Bertz CT molecular complexity index is 1030. The molecule has 1 atom stereocenters. The highest BCUT2D eigenvalue weighted by molar-refractivity contribution is 6.07. The SMILES string of the molecule is CCCn1ccc2oc(C)c(C(=O)N[C@H](CC)c3ccc(OC)cc3)c2c1=O. The molecule has 2 heterocycles. The average molecular weight is 382 g/mol. The molecule has 1 amide bonds. The number of hydrogen-bond donors (Lipinski definition) is 1. The summed E-state index contributed by atoms with van der Waals surface area (Å²) in [5.41, 5.74) is 1.54. The van der Waals surface area contributed by atoms with Crippen molar-refractivity contribution in [3.05, 3.63) is 63.8 Å². The molecule has 2 aromatic heterocycles. The van der Waals surface area contributed by atoms with E-state index in [2.05, 4.69) is 5.32 Å². The molecule has 1 N–H and O–H groups in total. The minimum Gasteiger partial charge on any atom is -0.497 e. The average Bonchev–Trinajstić information content (AvgIpc) is 3.05. The van der Waals surface area contributed by atoms with Crippen molar-refractivity contribution in [3.8, 4) is 5.75 Å². The van der Waals surface area contributed by atoms with Gasteiger partial charge in [-0.2, -0.15) is 0 Å². The number of pyridine rings is 1. The van der Waals surface area contributed by atoms with Gasteiger partial charge >= 0.3 is 0 Å². The number of carbonyl (C=O) groups excluding carboxylic acids is 1. The number of nitrogens with one attached hydrogen (secondary N) is 1. The van der Waals surface area contributed by atoms with Crippen molar-refractivity contribution in [1.29, 1.82) is 0 Å². The van der Waals surface area contributed by atoms with E-state index in [9.17, 15) is 9.59 Å². The molecule has 0 aliphatic carbocycles. The van der Waals surface area contributed by atoms with E-state index in [-0.39, 0.29) is 17.5 Å². The molecule has 3 rings (SSSR count). The summed E-state index contributed by atoms with van der Waals surface area (Å²) in [6.45, 7) is 6.33. The lowest BCUT2D eigenvalue weighted by molar-refractivity contribution is 0.0935. The van der Waals surface area contributed by atoms with E-state index in [0.29, 0.717) is 35.3 Å². The van der Waals surface area contributed by atoms with Gasteiger partial charge in [-0.3, -0.25) is 9.59 Å². The van der Waals surface area contributed by atoms with Gasteiger partial charge in [-0.15, -0.1) is 0 Å². The van der Waals surface area contributed by atoms with E-state index in [1.54, 1.807) is 30.9 Å². The topological polar surface area (TPSA) is 73.5 Å². The molecule has 0 saturated carbocycles. The van der Waals surface area contributed by atoms with Gasteiger partial charge in [-0.05, 0) is 43.5 Å². The number of aromatic nitrogens is 1. The summed E-state index contributed by atoms with van der Waals surface area (Å²) in [7, 11) is 1.62. The van der Waals surface area contributed by atoms with Gasteiger partial charge < -0.3 is 19.0 Å². The maximum atomic E-state index is 13.1. The Morgan fingerprint density at radius 1 is 1.21 bits per heavy atom. The number of ether oxygens (including phenoxy) is 1. The number of amides is 1. The summed E-state index contributed by atoms with van der Waals surface area (Å²) in [5.74, 6) is 0.909. The molecular weight excluding hydrogens is 356 g/mol. The summed E-state index contributed by atoms with van der Waals surface area (Å²) in [5, 5.41) is 3.39. The number of rotatable bonds is 7. The molecule has 0 spiro atoms.